The Morgan fingerprint density at radius 2 is 1.80 bits per heavy atom. The van der Waals surface area contributed by atoms with Crippen LogP contribution in [0.5, 0.6) is 5.75 Å². The molecule has 0 aliphatic carbocycles. The van der Waals surface area contributed by atoms with E-state index in [9.17, 15) is 8.42 Å². The lowest BCUT2D eigenvalue weighted by atomic mass is 10.0. The molecule has 1 aromatic rings. The van der Waals surface area contributed by atoms with Crippen molar-refractivity contribution in [3.63, 3.8) is 0 Å². The lowest BCUT2D eigenvalue weighted by Crippen LogP contribution is -2.29. The first-order valence-electron chi connectivity index (χ1n) is 6.86. The van der Waals surface area contributed by atoms with Crippen molar-refractivity contribution in [1.29, 1.82) is 0 Å². The van der Waals surface area contributed by atoms with E-state index in [1.54, 1.807) is 12.1 Å². The quantitative estimate of drug-likeness (QED) is 0.729. The summed E-state index contributed by atoms with van der Waals surface area (Å²) in [6.45, 7) is 4.68. The molecular weight excluding hydrogens is 278 g/mol. The highest BCUT2D eigenvalue weighted by Crippen LogP contribution is 2.16. The number of benzene rings is 1. The van der Waals surface area contributed by atoms with Crippen molar-refractivity contribution < 1.29 is 18.3 Å². The minimum atomic E-state index is -3.47. The molecule has 114 valence electrons. The third-order valence-electron chi connectivity index (χ3n) is 3.21. The van der Waals surface area contributed by atoms with E-state index in [1.807, 2.05) is 0 Å². The SMILES string of the molecule is CCC(CC)CNS(=O)(=O)c1ccc(OCCO)cc1. The monoisotopic (exact) mass is 301 g/mol. The zero-order valence-electron chi connectivity index (χ0n) is 12.0. The van der Waals surface area contributed by atoms with E-state index in [2.05, 4.69) is 18.6 Å². The van der Waals surface area contributed by atoms with E-state index in [-0.39, 0.29) is 18.1 Å². The zero-order valence-corrected chi connectivity index (χ0v) is 12.8. The number of sulfonamides is 1. The number of aliphatic hydroxyl groups excluding tert-OH is 1. The Labute approximate surface area is 121 Å². The fourth-order valence-corrected chi connectivity index (χ4v) is 2.88. The summed E-state index contributed by atoms with van der Waals surface area (Å²) < 4.78 is 32.0. The van der Waals surface area contributed by atoms with Gasteiger partial charge in [0.1, 0.15) is 12.4 Å². The van der Waals surface area contributed by atoms with Gasteiger partial charge in [-0.3, -0.25) is 0 Å². The summed E-state index contributed by atoms with van der Waals surface area (Å²) >= 11 is 0. The Kier molecular flexibility index (Phi) is 6.98. The average molecular weight is 301 g/mol. The van der Waals surface area contributed by atoms with Crippen molar-refractivity contribution in [2.75, 3.05) is 19.8 Å². The Morgan fingerprint density at radius 1 is 1.20 bits per heavy atom. The Morgan fingerprint density at radius 3 is 2.30 bits per heavy atom. The molecule has 1 rings (SSSR count). The molecule has 0 saturated carbocycles. The summed E-state index contributed by atoms with van der Waals surface area (Å²) in [6, 6.07) is 6.17. The lowest BCUT2D eigenvalue weighted by Gasteiger charge is -2.13. The highest BCUT2D eigenvalue weighted by atomic mass is 32.2. The minimum absolute atomic E-state index is 0.0724. The second-order valence-electron chi connectivity index (χ2n) is 4.58. The maximum Gasteiger partial charge on any atom is 0.240 e. The molecule has 0 amide bonds. The zero-order chi connectivity index (χ0) is 15.0. The first-order valence-corrected chi connectivity index (χ1v) is 8.35. The van der Waals surface area contributed by atoms with Crippen LogP contribution in [-0.2, 0) is 10.0 Å². The van der Waals surface area contributed by atoms with E-state index >= 15 is 0 Å². The fraction of sp³-hybridized carbons (Fsp3) is 0.571. The molecule has 0 heterocycles. The van der Waals surface area contributed by atoms with Crippen molar-refractivity contribution in [2.45, 2.75) is 31.6 Å². The molecule has 1 aromatic carbocycles. The van der Waals surface area contributed by atoms with Crippen molar-refractivity contribution in [1.82, 2.24) is 4.72 Å². The van der Waals surface area contributed by atoms with E-state index in [0.29, 0.717) is 18.2 Å². The van der Waals surface area contributed by atoms with Crippen LogP contribution in [0.25, 0.3) is 0 Å². The van der Waals surface area contributed by atoms with Gasteiger partial charge in [-0.1, -0.05) is 26.7 Å². The molecule has 0 aliphatic heterocycles. The summed E-state index contributed by atoms with van der Waals surface area (Å²) in [5.41, 5.74) is 0. The maximum atomic E-state index is 12.1. The molecule has 20 heavy (non-hydrogen) atoms. The second kappa shape index (κ2) is 8.24. The summed E-state index contributed by atoms with van der Waals surface area (Å²) in [4.78, 5) is 0.222. The predicted octanol–water partition coefficient (Wildman–Crippen LogP) is 1.77. The van der Waals surface area contributed by atoms with Crippen LogP contribution >= 0.6 is 0 Å². The van der Waals surface area contributed by atoms with E-state index in [1.165, 1.54) is 12.1 Å². The number of nitrogens with one attached hydrogen (secondary N) is 1. The van der Waals surface area contributed by atoms with Crippen LogP contribution < -0.4 is 9.46 Å². The van der Waals surface area contributed by atoms with Gasteiger partial charge in [-0.15, -0.1) is 0 Å². The van der Waals surface area contributed by atoms with E-state index in [0.717, 1.165) is 12.8 Å². The summed E-state index contributed by atoms with van der Waals surface area (Å²) in [6.07, 6.45) is 1.90. The van der Waals surface area contributed by atoms with Crippen LogP contribution in [-0.4, -0.2) is 33.3 Å². The highest BCUT2D eigenvalue weighted by molar-refractivity contribution is 7.89. The van der Waals surface area contributed by atoms with Gasteiger partial charge >= 0.3 is 0 Å². The maximum absolute atomic E-state index is 12.1. The van der Waals surface area contributed by atoms with Gasteiger partial charge in [0.25, 0.3) is 0 Å². The first kappa shape index (κ1) is 16.9. The molecule has 0 fully saturated rings. The van der Waals surface area contributed by atoms with Gasteiger partial charge in [0, 0.05) is 6.54 Å². The largest absolute Gasteiger partial charge is 0.491 e. The van der Waals surface area contributed by atoms with Crippen LogP contribution in [0.1, 0.15) is 26.7 Å². The van der Waals surface area contributed by atoms with Crippen LogP contribution in [0.15, 0.2) is 29.2 Å². The molecule has 6 heteroatoms. The van der Waals surface area contributed by atoms with E-state index in [4.69, 9.17) is 9.84 Å². The predicted molar refractivity (Wildman–Crippen MR) is 78.3 cm³/mol. The van der Waals surface area contributed by atoms with Crippen LogP contribution in [0.2, 0.25) is 0 Å². The summed E-state index contributed by atoms with van der Waals surface area (Å²) in [5.74, 6) is 0.898. The highest BCUT2D eigenvalue weighted by Gasteiger charge is 2.15. The summed E-state index contributed by atoms with van der Waals surface area (Å²) in [5, 5.41) is 8.65. The molecule has 5 nitrogen and oxygen atoms in total. The van der Waals surface area contributed by atoms with Gasteiger partial charge in [0.15, 0.2) is 0 Å². The number of hydrogen-bond donors (Lipinski definition) is 2. The molecule has 0 radical (unpaired) electrons. The third kappa shape index (κ3) is 5.11. The topological polar surface area (TPSA) is 75.6 Å². The molecular formula is C14H23NO4S. The Balaban J connectivity index is 2.67. The van der Waals surface area contributed by atoms with Gasteiger partial charge in [-0.05, 0) is 30.2 Å². The van der Waals surface area contributed by atoms with Gasteiger partial charge in [0.2, 0.25) is 10.0 Å². The number of rotatable bonds is 9. The van der Waals surface area contributed by atoms with Crippen molar-refractivity contribution >= 4 is 10.0 Å². The fourth-order valence-electron chi connectivity index (χ4n) is 1.77. The molecule has 2 N–H and O–H groups in total. The number of aliphatic hydroxyl groups is 1. The van der Waals surface area contributed by atoms with Crippen molar-refractivity contribution in [3.8, 4) is 5.75 Å². The number of hydrogen-bond acceptors (Lipinski definition) is 4. The smallest absolute Gasteiger partial charge is 0.240 e. The average Bonchev–Trinajstić information content (AvgIpc) is 2.46. The Hall–Kier alpha value is -1.11. The van der Waals surface area contributed by atoms with Gasteiger partial charge in [-0.25, -0.2) is 13.1 Å². The van der Waals surface area contributed by atoms with Gasteiger partial charge < -0.3 is 9.84 Å². The first-order chi connectivity index (χ1) is 9.53. The van der Waals surface area contributed by atoms with Crippen molar-refractivity contribution in [2.24, 2.45) is 5.92 Å². The van der Waals surface area contributed by atoms with Crippen molar-refractivity contribution in [3.05, 3.63) is 24.3 Å². The van der Waals surface area contributed by atoms with Gasteiger partial charge in [0.05, 0.1) is 11.5 Å². The molecule has 0 spiro atoms. The van der Waals surface area contributed by atoms with Crippen LogP contribution in [0, 0.1) is 5.92 Å². The molecule has 0 bridgehead atoms. The van der Waals surface area contributed by atoms with Crippen LogP contribution in [0.4, 0.5) is 0 Å². The second-order valence-corrected chi connectivity index (χ2v) is 6.34. The minimum Gasteiger partial charge on any atom is -0.491 e. The number of ether oxygens (including phenoxy) is 1. The molecule has 0 aromatic heterocycles. The van der Waals surface area contributed by atoms with E-state index < -0.39 is 10.0 Å². The molecule has 0 atom stereocenters. The lowest BCUT2D eigenvalue weighted by molar-refractivity contribution is 0.201. The standard InChI is InChI=1S/C14H23NO4S/c1-3-12(4-2)11-15-20(17,18)14-7-5-13(6-8-14)19-10-9-16/h5-8,12,15-16H,3-4,9-11H2,1-2H3. The molecule has 0 aliphatic rings. The normalized spacial score (nSPS) is 11.8. The summed E-state index contributed by atoms with van der Waals surface area (Å²) in [7, 11) is -3.47. The molecule has 0 unspecified atom stereocenters. The third-order valence-corrected chi connectivity index (χ3v) is 4.65. The van der Waals surface area contributed by atoms with Crippen LogP contribution in [0.3, 0.4) is 0 Å². The Bertz CT molecular complexity index is 480. The van der Waals surface area contributed by atoms with Gasteiger partial charge in [-0.2, -0.15) is 0 Å². The molecule has 0 saturated heterocycles.